The first-order valence-corrected chi connectivity index (χ1v) is 7.77. The summed E-state index contributed by atoms with van der Waals surface area (Å²) < 4.78 is 5.54. The molecular weight excluding hydrogens is 282 g/mol. The van der Waals surface area contributed by atoms with E-state index in [2.05, 4.69) is 24.3 Å². The van der Waals surface area contributed by atoms with Gasteiger partial charge in [-0.15, -0.1) is 0 Å². The third kappa shape index (κ3) is 3.39. The van der Waals surface area contributed by atoms with Gasteiger partial charge in [0.1, 0.15) is 5.75 Å². The predicted molar refractivity (Wildman–Crippen MR) is 87.1 cm³/mol. The topological polar surface area (TPSA) is 35.2 Å². The van der Waals surface area contributed by atoms with Gasteiger partial charge in [0.15, 0.2) is 0 Å². The second kappa shape index (κ2) is 6.08. The van der Waals surface area contributed by atoms with E-state index in [-0.39, 0.29) is 6.04 Å². The number of fused-ring (bicyclic) bond motifs is 1. The van der Waals surface area contributed by atoms with E-state index in [0.717, 1.165) is 47.8 Å². The van der Waals surface area contributed by atoms with Gasteiger partial charge < -0.3 is 10.5 Å². The summed E-state index contributed by atoms with van der Waals surface area (Å²) in [6.45, 7) is 2.85. The van der Waals surface area contributed by atoms with Gasteiger partial charge in [-0.1, -0.05) is 29.8 Å². The van der Waals surface area contributed by atoms with E-state index >= 15 is 0 Å². The van der Waals surface area contributed by atoms with Gasteiger partial charge >= 0.3 is 0 Å². The Kier molecular flexibility index (Phi) is 4.18. The lowest BCUT2D eigenvalue weighted by molar-refractivity contribution is 0.357. The standard InChI is InChI=1S/C18H20ClNO/c1-12-8-15(11-16(19)9-12)17(20)4-2-13-3-5-18-14(10-13)6-7-21-18/h3,5,8-11,17H,2,4,6-7,20H2,1H3. The average molecular weight is 302 g/mol. The summed E-state index contributed by atoms with van der Waals surface area (Å²) in [5.41, 5.74) is 11.2. The molecule has 2 N–H and O–H groups in total. The third-order valence-corrected chi connectivity index (χ3v) is 4.21. The van der Waals surface area contributed by atoms with E-state index in [4.69, 9.17) is 22.1 Å². The van der Waals surface area contributed by atoms with E-state index in [1.54, 1.807) is 0 Å². The zero-order valence-electron chi connectivity index (χ0n) is 12.2. The SMILES string of the molecule is Cc1cc(Cl)cc(C(N)CCc2ccc3c(c2)CCO3)c1. The Morgan fingerprint density at radius 1 is 1.24 bits per heavy atom. The largest absolute Gasteiger partial charge is 0.493 e. The van der Waals surface area contributed by atoms with E-state index in [9.17, 15) is 0 Å². The molecule has 2 aromatic carbocycles. The molecule has 0 aromatic heterocycles. The fourth-order valence-electron chi connectivity index (χ4n) is 2.86. The van der Waals surface area contributed by atoms with Crippen molar-refractivity contribution in [2.75, 3.05) is 6.61 Å². The smallest absolute Gasteiger partial charge is 0.122 e. The molecule has 0 amide bonds. The van der Waals surface area contributed by atoms with Crippen molar-refractivity contribution >= 4 is 11.6 Å². The molecule has 1 heterocycles. The maximum absolute atomic E-state index is 6.31. The van der Waals surface area contributed by atoms with Crippen LogP contribution in [0.25, 0.3) is 0 Å². The third-order valence-electron chi connectivity index (χ3n) is 3.99. The number of rotatable bonds is 4. The fraction of sp³-hybridized carbons (Fsp3) is 0.333. The summed E-state index contributed by atoms with van der Waals surface area (Å²) in [6.07, 6.45) is 2.90. The highest BCUT2D eigenvalue weighted by Gasteiger charge is 2.13. The van der Waals surface area contributed by atoms with Gasteiger partial charge in [0.2, 0.25) is 0 Å². The molecule has 3 rings (SSSR count). The van der Waals surface area contributed by atoms with Crippen LogP contribution < -0.4 is 10.5 Å². The number of benzene rings is 2. The molecule has 0 bridgehead atoms. The molecule has 0 saturated heterocycles. The highest BCUT2D eigenvalue weighted by molar-refractivity contribution is 6.30. The molecule has 0 spiro atoms. The van der Waals surface area contributed by atoms with Crippen LogP contribution in [0.3, 0.4) is 0 Å². The van der Waals surface area contributed by atoms with E-state index in [0.29, 0.717) is 0 Å². The Hall–Kier alpha value is -1.51. The first-order chi connectivity index (χ1) is 10.1. The number of hydrogen-bond acceptors (Lipinski definition) is 2. The zero-order chi connectivity index (χ0) is 14.8. The van der Waals surface area contributed by atoms with Gasteiger partial charge in [0.25, 0.3) is 0 Å². The van der Waals surface area contributed by atoms with E-state index in [1.807, 2.05) is 19.1 Å². The molecule has 21 heavy (non-hydrogen) atoms. The number of aryl methyl sites for hydroxylation is 2. The van der Waals surface area contributed by atoms with Gasteiger partial charge in [-0.05, 0) is 60.2 Å². The first kappa shape index (κ1) is 14.4. The predicted octanol–water partition coefficient (Wildman–Crippen LogP) is 4.22. The number of ether oxygens (including phenoxy) is 1. The second-order valence-corrected chi connectivity index (χ2v) is 6.18. The van der Waals surface area contributed by atoms with Crippen LogP contribution in [0.1, 0.15) is 34.7 Å². The van der Waals surface area contributed by atoms with Crippen molar-refractivity contribution < 1.29 is 4.74 Å². The Labute approximate surface area is 130 Å². The summed E-state index contributed by atoms with van der Waals surface area (Å²) in [5.74, 6) is 1.04. The van der Waals surface area contributed by atoms with Crippen molar-refractivity contribution in [1.29, 1.82) is 0 Å². The van der Waals surface area contributed by atoms with Gasteiger partial charge in [-0.2, -0.15) is 0 Å². The molecule has 1 atom stereocenters. The van der Waals surface area contributed by atoms with Crippen LogP contribution in [0.4, 0.5) is 0 Å². The summed E-state index contributed by atoms with van der Waals surface area (Å²) in [4.78, 5) is 0. The fourth-order valence-corrected chi connectivity index (χ4v) is 3.16. The van der Waals surface area contributed by atoms with Gasteiger partial charge in [-0.3, -0.25) is 0 Å². The molecule has 0 fully saturated rings. The molecule has 1 unspecified atom stereocenters. The maximum Gasteiger partial charge on any atom is 0.122 e. The molecule has 2 aromatic rings. The molecule has 1 aliphatic rings. The Balaban J connectivity index is 1.66. The highest BCUT2D eigenvalue weighted by Crippen LogP contribution is 2.27. The number of nitrogens with two attached hydrogens (primary N) is 1. The van der Waals surface area contributed by atoms with Crippen molar-refractivity contribution in [3.05, 3.63) is 63.7 Å². The molecule has 0 radical (unpaired) electrons. The van der Waals surface area contributed by atoms with Crippen molar-refractivity contribution in [3.8, 4) is 5.75 Å². The normalized spacial score (nSPS) is 14.6. The number of halogens is 1. The average Bonchev–Trinajstić information content (AvgIpc) is 2.91. The molecule has 0 aliphatic carbocycles. The highest BCUT2D eigenvalue weighted by atomic mass is 35.5. The van der Waals surface area contributed by atoms with Crippen LogP contribution in [0, 0.1) is 6.92 Å². The minimum Gasteiger partial charge on any atom is -0.493 e. The van der Waals surface area contributed by atoms with E-state index in [1.165, 1.54) is 11.1 Å². The molecule has 3 heteroatoms. The van der Waals surface area contributed by atoms with Crippen LogP contribution in [0.2, 0.25) is 5.02 Å². The lowest BCUT2D eigenvalue weighted by Crippen LogP contribution is -2.11. The summed E-state index contributed by atoms with van der Waals surface area (Å²) >= 11 is 6.11. The van der Waals surface area contributed by atoms with Crippen molar-refractivity contribution in [3.63, 3.8) is 0 Å². The first-order valence-electron chi connectivity index (χ1n) is 7.39. The maximum atomic E-state index is 6.31. The molecular formula is C18H20ClNO. The number of hydrogen-bond donors (Lipinski definition) is 1. The van der Waals surface area contributed by atoms with Crippen LogP contribution in [0.15, 0.2) is 36.4 Å². The summed E-state index contributed by atoms with van der Waals surface area (Å²) in [5, 5.41) is 0.759. The molecule has 0 saturated carbocycles. The van der Waals surface area contributed by atoms with Gasteiger partial charge in [0.05, 0.1) is 6.61 Å². The lowest BCUT2D eigenvalue weighted by Gasteiger charge is -2.14. The summed E-state index contributed by atoms with van der Waals surface area (Å²) in [6, 6.07) is 12.5. The van der Waals surface area contributed by atoms with Gasteiger partial charge in [-0.25, -0.2) is 0 Å². The van der Waals surface area contributed by atoms with E-state index < -0.39 is 0 Å². The van der Waals surface area contributed by atoms with Gasteiger partial charge in [0, 0.05) is 17.5 Å². The molecule has 110 valence electrons. The molecule has 2 nitrogen and oxygen atoms in total. The molecule has 1 aliphatic heterocycles. The van der Waals surface area contributed by atoms with Crippen LogP contribution in [0.5, 0.6) is 5.75 Å². The quantitative estimate of drug-likeness (QED) is 0.918. The Morgan fingerprint density at radius 2 is 2.10 bits per heavy atom. The minimum atomic E-state index is 0.0203. The van der Waals surface area contributed by atoms with Crippen molar-refractivity contribution in [2.24, 2.45) is 5.73 Å². The Morgan fingerprint density at radius 3 is 2.90 bits per heavy atom. The van der Waals surface area contributed by atoms with Crippen molar-refractivity contribution in [1.82, 2.24) is 0 Å². The lowest BCUT2D eigenvalue weighted by atomic mass is 9.97. The van der Waals surface area contributed by atoms with Crippen molar-refractivity contribution in [2.45, 2.75) is 32.2 Å². The summed E-state index contributed by atoms with van der Waals surface area (Å²) in [7, 11) is 0. The monoisotopic (exact) mass is 301 g/mol. The zero-order valence-corrected chi connectivity index (χ0v) is 13.0. The van der Waals surface area contributed by atoms with Crippen LogP contribution in [-0.4, -0.2) is 6.61 Å². The van der Waals surface area contributed by atoms with Crippen LogP contribution >= 0.6 is 11.6 Å². The minimum absolute atomic E-state index is 0.0203. The van der Waals surface area contributed by atoms with Crippen LogP contribution in [-0.2, 0) is 12.8 Å². The Bertz CT molecular complexity index is 633. The second-order valence-electron chi connectivity index (χ2n) is 5.75.